The van der Waals surface area contributed by atoms with E-state index in [1.54, 1.807) is 19.2 Å². The van der Waals surface area contributed by atoms with E-state index in [9.17, 15) is 16.8 Å². The lowest BCUT2D eigenvalue weighted by Crippen LogP contribution is -2.65. The molecule has 10 heteroatoms. The molecule has 1 aliphatic heterocycles. The molecule has 1 saturated carbocycles. The van der Waals surface area contributed by atoms with E-state index >= 15 is 0 Å². The van der Waals surface area contributed by atoms with Crippen molar-refractivity contribution in [1.29, 1.82) is 0 Å². The Kier molecular flexibility index (Phi) is 5.38. The van der Waals surface area contributed by atoms with Gasteiger partial charge in [-0.05, 0) is 37.3 Å². The Bertz CT molecular complexity index is 778. The smallest absolute Gasteiger partial charge is 0.294 e. The normalized spacial score (nSPS) is 20.0. The first-order chi connectivity index (χ1) is 10.9. The van der Waals surface area contributed by atoms with Crippen LogP contribution in [-0.2, 0) is 20.3 Å². The highest BCUT2D eigenvalue weighted by Crippen LogP contribution is 2.46. The monoisotopic (exact) mass is 377 g/mol. The van der Waals surface area contributed by atoms with Gasteiger partial charge in [0.05, 0.1) is 4.90 Å². The van der Waals surface area contributed by atoms with Crippen LogP contribution in [0.3, 0.4) is 0 Å². The zero-order chi connectivity index (χ0) is 18.2. The fourth-order valence-corrected chi connectivity index (χ4v) is 3.93. The molecule has 1 aromatic carbocycles. The van der Waals surface area contributed by atoms with Crippen molar-refractivity contribution in [2.75, 3.05) is 20.1 Å². The van der Waals surface area contributed by atoms with Crippen molar-refractivity contribution in [2.45, 2.75) is 30.7 Å². The number of nitrogens with two attached hydrogens (primary N) is 1. The van der Waals surface area contributed by atoms with Gasteiger partial charge in [-0.3, -0.25) is 4.55 Å². The van der Waals surface area contributed by atoms with Crippen LogP contribution in [0.1, 0.15) is 18.4 Å². The minimum Gasteiger partial charge on any atom is -0.316 e. The minimum atomic E-state index is -4.02. The standard InChI is InChI=1S/C7H15N3O2S.C7H8O3S/c1-10(13(8,11)12)6-2-7(3-6)4-9-5-7;1-6-2-4-7(5-3-6)11(8,9)10/h6,9H,2-5H2,1H3,(H2,8,11,12);2-5H,1H3,(H,8,9,10). The second kappa shape index (κ2) is 6.70. The Hall–Kier alpha value is -1.04. The summed E-state index contributed by atoms with van der Waals surface area (Å²) in [5, 5.41) is 8.22. The number of hydrogen-bond donors (Lipinski definition) is 3. The van der Waals surface area contributed by atoms with E-state index in [2.05, 4.69) is 5.32 Å². The third kappa shape index (κ3) is 4.52. The topological polar surface area (TPSA) is 130 Å². The van der Waals surface area contributed by atoms with Crippen LogP contribution in [0.15, 0.2) is 29.2 Å². The first-order valence-corrected chi connectivity index (χ1v) is 10.4. The van der Waals surface area contributed by atoms with Crippen molar-refractivity contribution in [3.8, 4) is 0 Å². The third-order valence-corrected chi connectivity index (χ3v) is 6.54. The first-order valence-electron chi connectivity index (χ1n) is 7.44. The second-order valence-electron chi connectivity index (χ2n) is 6.51. The van der Waals surface area contributed by atoms with Gasteiger partial charge in [0.1, 0.15) is 0 Å². The van der Waals surface area contributed by atoms with Gasteiger partial charge in [0, 0.05) is 26.2 Å². The highest BCUT2D eigenvalue weighted by Gasteiger charge is 2.51. The molecule has 1 heterocycles. The molecule has 2 aliphatic rings. The predicted octanol–water partition coefficient (Wildman–Crippen LogP) is 0.115. The summed E-state index contributed by atoms with van der Waals surface area (Å²) in [7, 11) is -5.95. The number of nitrogens with one attached hydrogen (secondary N) is 1. The summed E-state index contributed by atoms with van der Waals surface area (Å²) in [5.41, 5.74) is 1.35. The van der Waals surface area contributed by atoms with Gasteiger partial charge in [0.25, 0.3) is 20.3 Å². The molecule has 4 N–H and O–H groups in total. The van der Waals surface area contributed by atoms with Crippen LogP contribution >= 0.6 is 0 Å². The van der Waals surface area contributed by atoms with E-state index in [1.165, 1.54) is 16.4 Å². The summed E-state index contributed by atoms with van der Waals surface area (Å²) in [6.07, 6.45) is 1.90. The fourth-order valence-electron chi connectivity index (χ4n) is 2.88. The highest BCUT2D eigenvalue weighted by molar-refractivity contribution is 7.86. The Balaban J connectivity index is 0.000000177. The maximum Gasteiger partial charge on any atom is 0.294 e. The van der Waals surface area contributed by atoms with Crippen molar-refractivity contribution in [1.82, 2.24) is 9.62 Å². The molecule has 1 aliphatic carbocycles. The molecule has 0 bridgehead atoms. The highest BCUT2D eigenvalue weighted by atomic mass is 32.2. The number of hydrogen-bond acceptors (Lipinski definition) is 5. The largest absolute Gasteiger partial charge is 0.316 e. The molecule has 0 radical (unpaired) electrons. The minimum absolute atomic E-state index is 0.0666. The molecule has 24 heavy (non-hydrogen) atoms. The molecular weight excluding hydrogens is 354 g/mol. The Morgan fingerprint density at radius 3 is 2.00 bits per heavy atom. The number of aryl methyl sites for hydroxylation is 1. The fraction of sp³-hybridized carbons (Fsp3) is 0.571. The van der Waals surface area contributed by atoms with Crippen molar-refractivity contribution in [3.63, 3.8) is 0 Å². The molecule has 0 amide bonds. The summed E-state index contributed by atoms with van der Waals surface area (Å²) in [6, 6.07) is 6.11. The number of nitrogens with zero attached hydrogens (tertiary/aromatic N) is 1. The van der Waals surface area contributed by atoms with E-state index in [4.69, 9.17) is 9.69 Å². The SMILES string of the molecule is CN(C1CC2(CNC2)C1)S(N)(=O)=O.Cc1ccc(S(=O)(=O)O)cc1. The van der Waals surface area contributed by atoms with Crippen LogP contribution < -0.4 is 10.5 Å². The van der Waals surface area contributed by atoms with Crippen molar-refractivity contribution in [3.05, 3.63) is 29.8 Å². The summed E-state index contributed by atoms with van der Waals surface area (Å²) < 4.78 is 52.8. The van der Waals surface area contributed by atoms with E-state index in [0.29, 0.717) is 5.41 Å². The summed E-state index contributed by atoms with van der Waals surface area (Å²) in [6.45, 7) is 3.90. The van der Waals surface area contributed by atoms with Gasteiger partial charge >= 0.3 is 0 Å². The van der Waals surface area contributed by atoms with Crippen LogP contribution in [-0.4, -0.2) is 51.9 Å². The Labute approximate surface area is 143 Å². The third-order valence-electron chi connectivity index (χ3n) is 4.57. The van der Waals surface area contributed by atoms with E-state index in [-0.39, 0.29) is 10.9 Å². The van der Waals surface area contributed by atoms with E-state index in [1.807, 2.05) is 6.92 Å². The van der Waals surface area contributed by atoms with Crippen molar-refractivity contribution >= 4 is 20.3 Å². The molecule has 0 unspecified atom stereocenters. The quantitative estimate of drug-likeness (QED) is 0.641. The molecule has 1 saturated heterocycles. The molecule has 1 spiro atoms. The van der Waals surface area contributed by atoms with Gasteiger partial charge in [-0.2, -0.15) is 21.1 Å². The zero-order valence-electron chi connectivity index (χ0n) is 13.6. The number of rotatable bonds is 3. The van der Waals surface area contributed by atoms with Crippen LogP contribution in [0.4, 0.5) is 0 Å². The molecule has 3 rings (SSSR count). The Morgan fingerprint density at radius 1 is 1.17 bits per heavy atom. The molecule has 136 valence electrons. The van der Waals surface area contributed by atoms with Gasteiger partial charge in [-0.25, -0.2) is 5.14 Å². The van der Waals surface area contributed by atoms with Gasteiger partial charge in [-0.1, -0.05) is 17.7 Å². The maximum absolute atomic E-state index is 11.0. The zero-order valence-corrected chi connectivity index (χ0v) is 15.3. The van der Waals surface area contributed by atoms with E-state index in [0.717, 1.165) is 31.5 Å². The van der Waals surface area contributed by atoms with Crippen LogP contribution in [0, 0.1) is 12.3 Å². The summed E-state index contributed by atoms with van der Waals surface area (Å²) in [5.74, 6) is 0. The van der Waals surface area contributed by atoms with E-state index < -0.39 is 20.3 Å². The van der Waals surface area contributed by atoms with Crippen molar-refractivity contribution in [2.24, 2.45) is 10.6 Å². The molecular formula is C14H23N3O5S2. The van der Waals surface area contributed by atoms with Crippen LogP contribution in [0.25, 0.3) is 0 Å². The van der Waals surface area contributed by atoms with Gasteiger partial charge in [0.15, 0.2) is 0 Å². The molecule has 8 nitrogen and oxygen atoms in total. The van der Waals surface area contributed by atoms with Crippen LogP contribution in [0.5, 0.6) is 0 Å². The summed E-state index contributed by atoms with van der Waals surface area (Å²) in [4.78, 5) is -0.0666. The molecule has 2 fully saturated rings. The summed E-state index contributed by atoms with van der Waals surface area (Å²) >= 11 is 0. The predicted molar refractivity (Wildman–Crippen MR) is 90.2 cm³/mol. The Morgan fingerprint density at radius 2 is 1.67 bits per heavy atom. The molecule has 1 aromatic rings. The maximum atomic E-state index is 11.0. The second-order valence-corrected chi connectivity index (χ2v) is 9.54. The average Bonchev–Trinajstić information content (AvgIpc) is 2.34. The lowest BCUT2D eigenvalue weighted by molar-refractivity contribution is -0.000321. The number of benzene rings is 1. The van der Waals surface area contributed by atoms with Gasteiger partial charge < -0.3 is 5.32 Å². The molecule has 0 atom stereocenters. The first kappa shape index (κ1) is 19.3. The lowest BCUT2D eigenvalue weighted by atomic mass is 9.62. The van der Waals surface area contributed by atoms with Crippen molar-refractivity contribution < 1.29 is 21.4 Å². The van der Waals surface area contributed by atoms with Crippen LogP contribution in [0.2, 0.25) is 0 Å². The lowest BCUT2D eigenvalue weighted by Gasteiger charge is -2.55. The van der Waals surface area contributed by atoms with Gasteiger partial charge in [-0.15, -0.1) is 0 Å². The van der Waals surface area contributed by atoms with Gasteiger partial charge in [0.2, 0.25) is 0 Å². The average molecular weight is 377 g/mol. The molecule has 0 aromatic heterocycles.